The zero-order chi connectivity index (χ0) is 14.6. The lowest BCUT2D eigenvalue weighted by atomic mass is 10.3. The molecule has 0 radical (unpaired) electrons. The number of benzene rings is 1. The summed E-state index contributed by atoms with van der Waals surface area (Å²) < 4.78 is 36.8. The molecular formula is C13H10F3NOS2. The molecule has 106 valence electrons. The average Bonchev–Trinajstić information content (AvgIpc) is 2.90. The van der Waals surface area contributed by atoms with Crippen LogP contribution < -0.4 is 5.32 Å². The minimum absolute atomic E-state index is 0.327. The summed E-state index contributed by atoms with van der Waals surface area (Å²) in [6, 6.07) is 8.11. The molecule has 0 aliphatic heterocycles. The van der Waals surface area contributed by atoms with Gasteiger partial charge in [-0.1, -0.05) is 12.1 Å². The van der Waals surface area contributed by atoms with Crippen LogP contribution in [0, 0.1) is 0 Å². The Hall–Kier alpha value is -1.47. The maximum Gasteiger partial charge on any atom is 0.398 e. The Bertz CT molecular complexity index is 582. The molecule has 0 unspecified atom stereocenters. The third-order valence-electron chi connectivity index (χ3n) is 2.31. The van der Waals surface area contributed by atoms with Crippen LogP contribution in [0.4, 0.5) is 18.9 Å². The largest absolute Gasteiger partial charge is 0.398 e. The van der Waals surface area contributed by atoms with Gasteiger partial charge in [0, 0.05) is 10.3 Å². The van der Waals surface area contributed by atoms with E-state index in [1.807, 2.05) is 0 Å². The molecule has 0 saturated heterocycles. The van der Waals surface area contributed by atoms with Crippen LogP contribution in [0.5, 0.6) is 0 Å². The topological polar surface area (TPSA) is 29.1 Å². The van der Waals surface area contributed by atoms with Gasteiger partial charge in [-0.05, 0) is 23.6 Å². The fraction of sp³-hybridized carbons (Fsp3) is 0.154. The highest BCUT2D eigenvalue weighted by molar-refractivity contribution is 7.99. The summed E-state index contributed by atoms with van der Waals surface area (Å²) in [4.78, 5) is 12.3. The van der Waals surface area contributed by atoms with E-state index >= 15 is 0 Å². The fourth-order valence-electron chi connectivity index (χ4n) is 1.44. The molecule has 0 fully saturated rings. The van der Waals surface area contributed by atoms with Crippen molar-refractivity contribution in [3.63, 3.8) is 0 Å². The smallest absolute Gasteiger partial charge is 0.321 e. The Morgan fingerprint density at radius 2 is 2.00 bits per heavy atom. The molecule has 7 heteroatoms. The van der Waals surface area contributed by atoms with Gasteiger partial charge in [-0.25, -0.2) is 0 Å². The van der Waals surface area contributed by atoms with Crippen molar-refractivity contribution in [2.24, 2.45) is 0 Å². The van der Waals surface area contributed by atoms with Crippen molar-refractivity contribution in [3.05, 3.63) is 46.7 Å². The summed E-state index contributed by atoms with van der Waals surface area (Å²) in [5.74, 6) is -1.32. The van der Waals surface area contributed by atoms with Crippen molar-refractivity contribution >= 4 is 34.7 Å². The van der Waals surface area contributed by atoms with Crippen LogP contribution in [-0.4, -0.2) is 17.8 Å². The first-order valence-corrected chi connectivity index (χ1v) is 7.51. The lowest BCUT2D eigenvalue weighted by Gasteiger charge is -2.11. The van der Waals surface area contributed by atoms with E-state index in [4.69, 9.17) is 0 Å². The second-order valence-corrected chi connectivity index (χ2v) is 5.66. The van der Waals surface area contributed by atoms with Gasteiger partial charge in [0.1, 0.15) is 0 Å². The molecule has 1 heterocycles. The number of para-hydroxylation sites is 1. The van der Waals surface area contributed by atoms with E-state index < -0.39 is 11.9 Å². The Kier molecular flexibility index (Phi) is 4.72. The maximum absolute atomic E-state index is 12.3. The SMILES string of the molecule is O=C(Nc1ccccc1SCC(F)(F)F)c1ccsc1. The molecule has 2 aromatic rings. The van der Waals surface area contributed by atoms with Crippen LogP contribution in [0.2, 0.25) is 0 Å². The molecule has 0 spiro atoms. The monoisotopic (exact) mass is 317 g/mol. The van der Waals surface area contributed by atoms with Gasteiger partial charge in [0.25, 0.3) is 5.91 Å². The van der Waals surface area contributed by atoms with E-state index in [1.54, 1.807) is 41.1 Å². The van der Waals surface area contributed by atoms with E-state index in [9.17, 15) is 18.0 Å². The van der Waals surface area contributed by atoms with Crippen LogP contribution in [-0.2, 0) is 0 Å². The molecule has 2 rings (SSSR count). The van der Waals surface area contributed by atoms with Gasteiger partial charge in [-0.15, -0.1) is 11.8 Å². The zero-order valence-corrected chi connectivity index (χ0v) is 11.7. The van der Waals surface area contributed by atoms with Crippen molar-refractivity contribution < 1.29 is 18.0 Å². The number of nitrogens with one attached hydrogen (secondary N) is 1. The predicted octanol–water partition coefficient (Wildman–Crippen LogP) is 4.65. The summed E-state index contributed by atoms with van der Waals surface area (Å²) >= 11 is 2.04. The highest BCUT2D eigenvalue weighted by Crippen LogP contribution is 2.32. The van der Waals surface area contributed by atoms with Gasteiger partial charge in [-0.3, -0.25) is 4.79 Å². The van der Waals surface area contributed by atoms with Crippen molar-refractivity contribution in [3.8, 4) is 0 Å². The van der Waals surface area contributed by atoms with Gasteiger partial charge in [-0.2, -0.15) is 24.5 Å². The number of thiophene rings is 1. The number of rotatable bonds is 4. The molecule has 0 aliphatic carbocycles. The van der Waals surface area contributed by atoms with Crippen LogP contribution in [0.25, 0.3) is 0 Å². The number of carbonyl (C=O) groups excluding carboxylic acids is 1. The number of hydrogen-bond acceptors (Lipinski definition) is 3. The van der Waals surface area contributed by atoms with Gasteiger partial charge in [0.05, 0.1) is 17.0 Å². The minimum atomic E-state index is -4.24. The molecule has 1 N–H and O–H groups in total. The van der Waals surface area contributed by atoms with Crippen molar-refractivity contribution in [2.45, 2.75) is 11.1 Å². The standard InChI is InChI=1S/C13H10F3NOS2/c14-13(15,16)8-20-11-4-2-1-3-10(11)17-12(18)9-5-6-19-7-9/h1-7H,8H2,(H,17,18). The second kappa shape index (κ2) is 6.32. The normalized spacial score (nSPS) is 11.3. The highest BCUT2D eigenvalue weighted by Gasteiger charge is 2.27. The summed E-state index contributed by atoms with van der Waals surface area (Å²) in [7, 11) is 0. The number of carbonyl (C=O) groups is 1. The molecule has 0 bridgehead atoms. The minimum Gasteiger partial charge on any atom is -0.321 e. The molecule has 1 aromatic heterocycles. The molecule has 1 aromatic carbocycles. The molecular weight excluding hydrogens is 307 g/mol. The number of thioether (sulfide) groups is 1. The first-order valence-electron chi connectivity index (χ1n) is 5.58. The number of alkyl halides is 3. The maximum atomic E-state index is 12.3. The second-order valence-electron chi connectivity index (χ2n) is 3.87. The lowest BCUT2D eigenvalue weighted by Crippen LogP contribution is -2.13. The third-order valence-corrected chi connectivity index (χ3v) is 4.13. The van der Waals surface area contributed by atoms with E-state index in [-0.39, 0.29) is 5.91 Å². The number of anilines is 1. The fourth-order valence-corrected chi connectivity index (χ4v) is 2.85. The molecule has 0 atom stereocenters. The molecule has 1 amide bonds. The van der Waals surface area contributed by atoms with Crippen molar-refractivity contribution in [1.29, 1.82) is 0 Å². The molecule has 20 heavy (non-hydrogen) atoms. The first-order chi connectivity index (χ1) is 9.46. The van der Waals surface area contributed by atoms with Gasteiger partial charge >= 0.3 is 6.18 Å². The van der Waals surface area contributed by atoms with E-state index in [0.29, 0.717) is 27.9 Å². The van der Waals surface area contributed by atoms with Crippen molar-refractivity contribution in [1.82, 2.24) is 0 Å². The molecule has 0 aliphatic rings. The molecule has 2 nitrogen and oxygen atoms in total. The highest BCUT2D eigenvalue weighted by atomic mass is 32.2. The third kappa shape index (κ3) is 4.28. The van der Waals surface area contributed by atoms with E-state index in [1.165, 1.54) is 11.3 Å². The Labute approximate surface area is 122 Å². The van der Waals surface area contributed by atoms with E-state index in [0.717, 1.165) is 0 Å². The quantitative estimate of drug-likeness (QED) is 0.831. The lowest BCUT2D eigenvalue weighted by molar-refractivity contribution is -0.105. The van der Waals surface area contributed by atoms with E-state index in [2.05, 4.69) is 5.32 Å². The van der Waals surface area contributed by atoms with Gasteiger partial charge in [0.15, 0.2) is 0 Å². The Balaban J connectivity index is 2.10. The summed E-state index contributed by atoms with van der Waals surface area (Å²) in [6.45, 7) is 0. The summed E-state index contributed by atoms with van der Waals surface area (Å²) in [5.41, 5.74) is 0.878. The molecule has 0 saturated carbocycles. The van der Waals surface area contributed by atoms with Gasteiger partial charge < -0.3 is 5.32 Å². The Morgan fingerprint density at radius 1 is 1.25 bits per heavy atom. The summed E-state index contributed by atoms with van der Waals surface area (Å²) in [6.07, 6.45) is -4.24. The van der Waals surface area contributed by atoms with Crippen molar-refractivity contribution in [2.75, 3.05) is 11.1 Å². The zero-order valence-electron chi connectivity index (χ0n) is 10.1. The van der Waals surface area contributed by atoms with Crippen LogP contribution in [0.3, 0.4) is 0 Å². The van der Waals surface area contributed by atoms with Crippen LogP contribution >= 0.6 is 23.1 Å². The number of hydrogen-bond donors (Lipinski definition) is 1. The number of halogens is 3. The van der Waals surface area contributed by atoms with Gasteiger partial charge in [0.2, 0.25) is 0 Å². The Morgan fingerprint density at radius 3 is 2.65 bits per heavy atom. The first kappa shape index (κ1) is 14.9. The van der Waals surface area contributed by atoms with Crippen LogP contribution in [0.15, 0.2) is 46.0 Å². The predicted molar refractivity (Wildman–Crippen MR) is 75.5 cm³/mol. The summed E-state index contributed by atoms with van der Waals surface area (Å²) in [5, 5.41) is 6.07. The van der Waals surface area contributed by atoms with Crippen LogP contribution in [0.1, 0.15) is 10.4 Å². The average molecular weight is 317 g/mol. The number of amides is 1.